The standard InChI is InChI=1S/C17H19N5OS3/c1-12-4-6-13(7-5-12)24-10-8-19-15(23)11-26-17-21-20-16(22(17)18)14-3-2-9-25-14/h2-7,9H,8,10-11,18H2,1H3,(H,19,23). The third kappa shape index (κ3) is 5.03. The highest BCUT2D eigenvalue weighted by Gasteiger charge is 2.14. The molecule has 0 bridgehead atoms. The molecule has 0 spiro atoms. The van der Waals surface area contributed by atoms with E-state index in [2.05, 4.69) is 46.7 Å². The number of nitrogen functional groups attached to an aromatic ring is 1. The smallest absolute Gasteiger partial charge is 0.230 e. The maximum atomic E-state index is 12.0. The largest absolute Gasteiger partial charge is 0.355 e. The van der Waals surface area contributed by atoms with Crippen LogP contribution in [0.5, 0.6) is 0 Å². The molecule has 0 radical (unpaired) electrons. The fraction of sp³-hybridized carbons (Fsp3) is 0.235. The zero-order valence-electron chi connectivity index (χ0n) is 14.2. The summed E-state index contributed by atoms with van der Waals surface area (Å²) in [6.07, 6.45) is 0. The zero-order chi connectivity index (χ0) is 18.4. The molecule has 0 aliphatic heterocycles. The van der Waals surface area contributed by atoms with Crippen LogP contribution in [0.4, 0.5) is 0 Å². The summed E-state index contributed by atoms with van der Waals surface area (Å²) in [4.78, 5) is 14.1. The van der Waals surface area contributed by atoms with Gasteiger partial charge < -0.3 is 11.2 Å². The third-order valence-electron chi connectivity index (χ3n) is 3.45. The number of rotatable bonds is 8. The molecule has 136 valence electrons. The Balaban J connectivity index is 1.40. The maximum Gasteiger partial charge on any atom is 0.230 e. The van der Waals surface area contributed by atoms with Gasteiger partial charge in [0.25, 0.3) is 0 Å². The minimum Gasteiger partial charge on any atom is -0.355 e. The van der Waals surface area contributed by atoms with Crippen LogP contribution in [0.25, 0.3) is 10.7 Å². The van der Waals surface area contributed by atoms with Gasteiger partial charge in [-0.3, -0.25) is 4.79 Å². The first kappa shape index (κ1) is 18.8. The number of thiophene rings is 1. The molecule has 3 N–H and O–H groups in total. The van der Waals surface area contributed by atoms with E-state index < -0.39 is 0 Å². The monoisotopic (exact) mass is 405 g/mol. The SMILES string of the molecule is Cc1ccc(SCCNC(=O)CSc2nnc(-c3cccs3)n2N)cc1. The van der Waals surface area contributed by atoms with Crippen LogP contribution in [0.2, 0.25) is 0 Å². The lowest BCUT2D eigenvalue weighted by molar-refractivity contribution is -0.118. The molecule has 0 aliphatic rings. The molecule has 1 amide bonds. The number of nitrogens with one attached hydrogen (secondary N) is 1. The fourth-order valence-corrected chi connectivity index (χ4v) is 4.28. The number of aromatic nitrogens is 3. The number of hydrogen-bond acceptors (Lipinski definition) is 7. The number of benzene rings is 1. The molecule has 0 saturated carbocycles. The van der Waals surface area contributed by atoms with E-state index in [0.717, 1.165) is 10.6 Å². The first-order chi connectivity index (χ1) is 12.6. The summed E-state index contributed by atoms with van der Waals surface area (Å²) in [7, 11) is 0. The average molecular weight is 406 g/mol. The molecule has 0 atom stereocenters. The minimum atomic E-state index is -0.0415. The Labute approximate surface area is 164 Å². The van der Waals surface area contributed by atoms with Crippen molar-refractivity contribution >= 4 is 40.8 Å². The average Bonchev–Trinajstić information content (AvgIpc) is 3.28. The number of nitrogens with zero attached hydrogens (tertiary/aromatic N) is 3. The number of aryl methyl sites for hydroxylation is 1. The first-order valence-electron chi connectivity index (χ1n) is 7.97. The molecule has 3 rings (SSSR count). The van der Waals surface area contributed by atoms with Crippen LogP contribution in [-0.2, 0) is 4.79 Å². The van der Waals surface area contributed by atoms with Crippen molar-refractivity contribution in [3.63, 3.8) is 0 Å². The van der Waals surface area contributed by atoms with Crippen molar-refractivity contribution in [3.05, 3.63) is 47.3 Å². The number of carbonyl (C=O) groups excluding carboxylic acids is 1. The second kappa shape index (κ2) is 9.11. The van der Waals surface area contributed by atoms with Gasteiger partial charge in [-0.05, 0) is 30.5 Å². The molecular formula is C17H19N5OS3. The molecule has 2 aromatic heterocycles. The third-order valence-corrected chi connectivity index (χ3v) is 6.28. The second-order valence-corrected chi connectivity index (χ2v) is 8.51. The Kier molecular flexibility index (Phi) is 6.59. The van der Waals surface area contributed by atoms with Crippen LogP contribution >= 0.6 is 34.9 Å². The molecule has 1 aromatic carbocycles. The van der Waals surface area contributed by atoms with E-state index in [1.54, 1.807) is 23.1 Å². The Morgan fingerprint density at radius 2 is 2.04 bits per heavy atom. The van der Waals surface area contributed by atoms with Gasteiger partial charge >= 0.3 is 0 Å². The maximum absolute atomic E-state index is 12.0. The Morgan fingerprint density at radius 3 is 2.77 bits per heavy atom. The quantitative estimate of drug-likeness (QED) is 0.340. The first-order valence-corrected chi connectivity index (χ1v) is 10.8. The highest BCUT2D eigenvalue weighted by molar-refractivity contribution is 7.99. The van der Waals surface area contributed by atoms with E-state index in [0.29, 0.717) is 17.5 Å². The zero-order valence-corrected chi connectivity index (χ0v) is 16.7. The van der Waals surface area contributed by atoms with E-state index in [-0.39, 0.29) is 11.7 Å². The molecule has 3 aromatic rings. The summed E-state index contributed by atoms with van der Waals surface area (Å²) in [5.41, 5.74) is 1.25. The lowest BCUT2D eigenvalue weighted by Gasteiger charge is -2.05. The number of amides is 1. The predicted molar refractivity (Wildman–Crippen MR) is 109 cm³/mol. The van der Waals surface area contributed by atoms with Crippen LogP contribution in [0.15, 0.2) is 51.8 Å². The number of thioether (sulfide) groups is 2. The van der Waals surface area contributed by atoms with E-state index in [1.165, 1.54) is 26.9 Å². The lowest BCUT2D eigenvalue weighted by Crippen LogP contribution is -2.27. The number of carbonyl (C=O) groups is 1. The van der Waals surface area contributed by atoms with Gasteiger partial charge in [-0.25, -0.2) is 4.68 Å². The van der Waals surface area contributed by atoms with Crippen LogP contribution in [0.3, 0.4) is 0 Å². The van der Waals surface area contributed by atoms with E-state index in [1.807, 2.05) is 17.5 Å². The van der Waals surface area contributed by atoms with Gasteiger partial charge in [0.15, 0.2) is 5.82 Å². The second-order valence-electron chi connectivity index (χ2n) is 5.45. The summed E-state index contributed by atoms with van der Waals surface area (Å²) in [6.45, 7) is 2.69. The summed E-state index contributed by atoms with van der Waals surface area (Å²) in [5, 5.41) is 13.5. The van der Waals surface area contributed by atoms with Crippen LogP contribution < -0.4 is 11.2 Å². The molecular weight excluding hydrogens is 386 g/mol. The molecule has 0 unspecified atom stereocenters. The van der Waals surface area contributed by atoms with E-state index in [9.17, 15) is 4.79 Å². The molecule has 0 aliphatic carbocycles. The molecule has 9 heteroatoms. The van der Waals surface area contributed by atoms with Gasteiger partial charge in [0.05, 0.1) is 10.6 Å². The summed E-state index contributed by atoms with van der Waals surface area (Å²) < 4.78 is 1.43. The summed E-state index contributed by atoms with van der Waals surface area (Å²) in [6, 6.07) is 12.2. The van der Waals surface area contributed by atoms with Gasteiger partial charge in [-0.15, -0.1) is 33.3 Å². The van der Waals surface area contributed by atoms with E-state index in [4.69, 9.17) is 5.84 Å². The highest BCUT2D eigenvalue weighted by atomic mass is 32.2. The van der Waals surface area contributed by atoms with Crippen molar-refractivity contribution in [2.75, 3.05) is 23.9 Å². The van der Waals surface area contributed by atoms with Gasteiger partial charge in [-0.2, -0.15) is 0 Å². The van der Waals surface area contributed by atoms with Crippen molar-refractivity contribution in [2.45, 2.75) is 17.0 Å². The van der Waals surface area contributed by atoms with Crippen molar-refractivity contribution in [1.29, 1.82) is 0 Å². The van der Waals surface area contributed by atoms with Crippen LogP contribution in [0.1, 0.15) is 5.56 Å². The fourth-order valence-electron chi connectivity index (χ4n) is 2.12. The Morgan fingerprint density at radius 1 is 1.23 bits per heavy atom. The van der Waals surface area contributed by atoms with Gasteiger partial charge in [0.1, 0.15) is 0 Å². The normalized spacial score (nSPS) is 10.8. The lowest BCUT2D eigenvalue weighted by atomic mass is 10.2. The molecule has 2 heterocycles. The van der Waals surface area contributed by atoms with Gasteiger partial charge in [0.2, 0.25) is 11.1 Å². The molecule has 0 saturated heterocycles. The molecule has 6 nitrogen and oxygen atoms in total. The van der Waals surface area contributed by atoms with E-state index >= 15 is 0 Å². The van der Waals surface area contributed by atoms with Crippen molar-refractivity contribution < 1.29 is 4.79 Å². The highest BCUT2D eigenvalue weighted by Crippen LogP contribution is 2.25. The Hall–Kier alpha value is -1.97. The molecule has 26 heavy (non-hydrogen) atoms. The van der Waals surface area contributed by atoms with Crippen LogP contribution in [0, 0.1) is 6.92 Å². The van der Waals surface area contributed by atoms with Gasteiger partial charge in [0, 0.05) is 17.2 Å². The molecule has 0 fully saturated rings. The summed E-state index contributed by atoms with van der Waals surface area (Å²) >= 11 is 4.55. The number of nitrogens with two attached hydrogens (primary N) is 1. The summed E-state index contributed by atoms with van der Waals surface area (Å²) in [5.74, 6) is 7.67. The van der Waals surface area contributed by atoms with Crippen LogP contribution in [-0.4, -0.2) is 38.8 Å². The Bertz CT molecular complexity index is 846. The van der Waals surface area contributed by atoms with Crippen molar-refractivity contribution in [1.82, 2.24) is 20.2 Å². The topological polar surface area (TPSA) is 85.8 Å². The van der Waals surface area contributed by atoms with Gasteiger partial charge in [-0.1, -0.05) is 35.5 Å². The van der Waals surface area contributed by atoms with Crippen molar-refractivity contribution in [2.24, 2.45) is 0 Å². The predicted octanol–water partition coefficient (Wildman–Crippen LogP) is 3.03. The van der Waals surface area contributed by atoms with Crippen molar-refractivity contribution in [3.8, 4) is 10.7 Å². The number of hydrogen-bond donors (Lipinski definition) is 2. The minimum absolute atomic E-state index is 0.0415.